The third-order valence-electron chi connectivity index (χ3n) is 13.9. The molecule has 6 nitrogen and oxygen atoms in total. The summed E-state index contributed by atoms with van der Waals surface area (Å²) in [5, 5.41) is 13.1. The highest BCUT2D eigenvalue weighted by atomic mass is 16.5. The number of ketones is 1. The Bertz CT molecular complexity index is 1340. The van der Waals surface area contributed by atoms with Crippen molar-refractivity contribution < 1.29 is 13.7 Å². The number of fused-ring (bicyclic) bond motifs is 8. The SMILES string of the molecule is Cc1nnc([C@]23CCC(C)(C)C[C@@H]2C2C(=O)C[C@@H]4[C@@]5(C)Cc6cnoc6C(C)(C)[C@@H]5CC[C@@]4(C)[C@]2(C)CC3)o1. The standard InChI is InChI=1S/C33H47N3O3/c1-19-35-36-27(38-19)33-13-11-28(2,3)17-21(33)25-22(37)15-24-30(6)16-20-18-34-39-26(20)29(4,5)23(30)9-10-31(24,7)32(25,8)12-14-33/h18,21,23-25H,9-17H2,1-8H3/t21-,23+,24-,25?,30+,31-,32-,33+/m1/s1. The molecule has 7 rings (SSSR count). The van der Waals surface area contributed by atoms with Crippen molar-refractivity contribution >= 4 is 5.78 Å². The highest BCUT2D eigenvalue weighted by molar-refractivity contribution is 5.84. The minimum atomic E-state index is -0.175. The lowest BCUT2D eigenvalue weighted by molar-refractivity contribution is -0.221. The molecule has 2 aromatic rings. The molecule has 8 atom stereocenters. The van der Waals surface area contributed by atoms with Crippen molar-refractivity contribution in [1.82, 2.24) is 15.4 Å². The summed E-state index contributed by atoms with van der Waals surface area (Å²) in [7, 11) is 0. The molecule has 0 radical (unpaired) electrons. The fourth-order valence-corrected chi connectivity index (χ4v) is 11.9. The second kappa shape index (κ2) is 7.64. The average Bonchev–Trinajstić information content (AvgIpc) is 3.50. The van der Waals surface area contributed by atoms with Gasteiger partial charge in [0.15, 0.2) is 0 Å². The summed E-state index contributed by atoms with van der Waals surface area (Å²) in [4.78, 5) is 14.8. The first-order chi connectivity index (χ1) is 18.2. The molecule has 39 heavy (non-hydrogen) atoms. The first-order valence-corrected chi connectivity index (χ1v) is 15.5. The summed E-state index contributed by atoms with van der Waals surface area (Å²) >= 11 is 0. The van der Waals surface area contributed by atoms with Crippen LogP contribution in [0.5, 0.6) is 0 Å². The van der Waals surface area contributed by atoms with Gasteiger partial charge in [-0.2, -0.15) is 0 Å². The number of carbonyl (C=O) groups excluding carboxylic acids is 1. The van der Waals surface area contributed by atoms with Gasteiger partial charge in [0.2, 0.25) is 11.8 Å². The number of aromatic nitrogens is 3. The van der Waals surface area contributed by atoms with Gasteiger partial charge in [0.25, 0.3) is 0 Å². The molecule has 0 aliphatic heterocycles. The number of Topliss-reactive ketones (excluding diaryl/α,β-unsaturated/α-hetero) is 1. The number of nitrogens with zero attached hydrogens (tertiary/aromatic N) is 3. The summed E-state index contributed by atoms with van der Waals surface area (Å²) in [5.74, 6) is 4.14. The first kappa shape index (κ1) is 26.0. The van der Waals surface area contributed by atoms with Gasteiger partial charge < -0.3 is 8.94 Å². The Morgan fingerprint density at radius 1 is 0.897 bits per heavy atom. The zero-order chi connectivity index (χ0) is 27.8. The molecule has 0 bridgehead atoms. The zero-order valence-corrected chi connectivity index (χ0v) is 25.3. The third kappa shape index (κ3) is 3.10. The van der Waals surface area contributed by atoms with Crippen molar-refractivity contribution in [2.75, 3.05) is 0 Å². The van der Waals surface area contributed by atoms with Crippen LogP contribution in [0.15, 0.2) is 15.1 Å². The molecule has 6 heteroatoms. The van der Waals surface area contributed by atoms with Crippen LogP contribution < -0.4 is 0 Å². The van der Waals surface area contributed by atoms with Crippen LogP contribution in [-0.2, 0) is 22.0 Å². The van der Waals surface area contributed by atoms with E-state index in [2.05, 4.69) is 63.8 Å². The molecule has 0 N–H and O–H groups in total. The van der Waals surface area contributed by atoms with Crippen LogP contribution in [0.4, 0.5) is 0 Å². The largest absolute Gasteiger partial charge is 0.425 e. The van der Waals surface area contributed by atoms with E-state index in [1.165, 1.54) is 18.4 Å². The Labute approximate surface area is 233 Å². The van der Waals surface area contributed by atoms with Gasteiger partial charge in [0.05, 0.1) is 11.6 Å². The summed E-state index contributed by atoms with van der Waals surface area (Å²) in [6.07, 6.45) is 11.3. The van der Waals surface area contributed by atoms with E-state index >= 15 is 0 Å². The monoisotopic (exact) mass is 533 g/mol. The fraction of sp³-hybridized carbons (Fsp3) is 0.818. The topological polar surface area (TPSA) is 82.0 Å². The highest BCUT2D eigenvalue weighted by Crippen LogP contribution is 2.76. The van der Waals surface area contributed by atoms with Crippen LogP contribution in [0, 0.1) is 52.3 Å². The van der Waals surface area contributed by atoms with Crippen molar-refractivity contribution in [1.29, 1.82) is 0 Å². The van der Waals surface area contributed by atoms with Crippen molar-refractivity contribution in [3.63, 3.8) is 0 Å². The van der Waals surface area contributed by atoms with E-state index in [0.717, 1.165) is 50.2 Å². The quantitative estimate of drug-likeness (QED) is 0.380. The molecule has 4 saturated carbocycles. The normalized spacial score (nSPS) is 45.9. The van der Waals surface area contributed by atoms with Crippen LogP contribution in [-0.4, -0.2) is 21.1 Å². The molecule has 1 unspecified atom stereocenters. The zero-order valence-electron chi connectivity index (χ0n) is 25.3. The highest BCUT2D eigenvalue weighted by Gasteiger charge is 2.73. The van der Waals surface area contributed by atoms with Crippen LogP contribution >= 0.6 is 0 Å². The van der Waals surface area contributed by atoms with E-state index in [4.69, 9.17) is 8.94 Å². The minimum absolute atomic E-state index is 0.0437. The summed E-state index contributed by atoms with van der Waals surface area (Å²) < 4.78 is 12.1. The van der Waals surface area contributed by atoms with Gasteiger partial charge in [-0.1, -0.05) is 53.6 Å². The maximum atomic E-state index is 14.8. The van der Waals surface area contributed by atoms with Gasteiger partial charge >= 0.3 is 0 Å². The van der Waals surface area contributed by atoms with Gasteiger partial charge in [0.1, 0.15) is 11.5 Å². The molecule has 2 heterocycles. The van der Waals surface area contributed by atoms with E-state index in [9.17, 15) is 4.79 Å². The smallest absolute Gasteiger partial charge is 0.222 e. The Kier molecular flexibility index (Phi) is 5.09. The summed E-state index contributed by atoms with van der Waals surface area (Å²) in [6.45, 7) is 19.0. The number of carbonyl (C=O) groups is 1. The van der Waals surface area contributed by atoms with Crippen LogP contribution in [0.3, 0.4) is 0 Å². The molecule has 212 valence electrons. The molecule has 5 aliphatic carbocycles. The lowest BCUT2D eigenvalue weighted by Crippen LogP contribution is -2.69. The molecular weight excluding hydrogens is 486 g/mol. The van der Waals surface area contributed by atoms with E-state index in [1.807, 2.05) is 13.1 Å². The fourth-order valence-electron chi connectivity index (χ4n) is 11.9. The molecule has 0 spiro atoms. The molecule has 2 aromatic heterocycles. The van der Waals surface area contributed by atoms with Crippen molar-refractivity contribution in [2.45, 2.75) is 124 Å². The Balaban J connectivity index is 1.34. The number of aryl methyl sites for hydroxylation is 1. The van der Waals surface area contributed by atoms with E-state index in [1.54, 1.807) is 0 Å². The molecule has 0 saturated heterocycles. The van der Waals surface area contributed by atoms with Crippen molar-refractivity contribution in [2.24, 2.45) is 45.3 Å². The average molecular weight is 534 g/mol. The second-order valence-electron chi connectivity index (χ2n) is 16.5. The maximum absolute atomic E-state index is 14.8. The molecule has 4 fully saturated rings. The van der Waals surface area contributed by atoms with Gasteiger partial charge in [-0.25, -0.2) is 0 Å². The van der Waals surface area contributed by atoms with E-state index in [-0.39, 0.29) is 44.3 Å². The maximum Gasteiger partial charge on any atom is 0.222 e. The Morgan fingerprint density at radius 2 is 1.64 bits per heavy atom. The van der Waals surface area contributed by atoms with Crippen molar-refractivity contribution in [3.05, 3.63) is 29.3 Å². The Hall–Kier alpha value is -1.98. The van der Waals surface area contributed by atoms with Crippen LogP contribution in [0.25, 0.3) is 0 Å². The number of hydrogen-bond donors (Lipinski definition) is 0. The number of hydrogen-bond acceptors (Lipinski definition) is 6. The summed E-state index contributed by atoms with van der Waals surface area (Å²) in [5.41, 5.74) is 1.31. The molecular formula is C33H47N3O3. The van der Waals surface area contributed by atoms with E-state index < -0.39 is 0 Å². The first-order valence-electron chi connectivity index (χ1n) is 15.5. The van der Waals surface area contributed by atoms with Crippen LogP contribution in [0.1, 0.15) is 123 Å². The molecule has 5 aliphatic rings. The lowest BCUT2D eigenvalue weighted by Gasteiger charge is -2.72. The van der Waals surface area contributed by atoms with Gasteiger partial charge in [-0.15, -0.1) is 10.2 Å². The summed E-state index contributed by atoms with van der Waals surface area (Å²) in [6, 6.07) is 0. The molecule has 0 aromatic carbocycles. The van der Waals surface area contributed by atoms with Crippen molar-refractivity contribution in [3.8, 4) is 0 Å². The predicted octanol–water partition coefficient (Wildman–Crippen LogP) is 7.39. The van der Waals surface area contributed by atoms with Gasteiger partial charge in [-0.05, 0) is 90.8 Å². The molecule has 0 amide bonds. The minimum Gasteiger partial charge on any atom is -0.425 e. The van der Waals surface area contributed by atoms with E-state index in [0.29, 0.717) is 29.9 Å². The third-order valence-corrected chi connectivity index (χ3v) is 13.9. The Morgan fingerprint density at radius 3 is 2.36 bits per heavy atom. The predicted molar refractivity (Wildman–Crippen MR) is 148 cm³/mol. The van der Waals surface area contributed by atoms with Gasteiger partial charge in [-0.3, -0.25) is 4.79 Å². The second-order valence-corrected chi connectivity index (χ2v) is 16.5. The lowest BCUT2D eigenvalue weighted by atomic mass is 9.31. The number of rotatable bonds is 1. The van der Waals surface area contributed by atoms with Gasteiger partial charge in [0, 0.05) is 30.2 Å². The van der Waals surface area contributed by atoms with Crippen LogP contribution in [0.2, 0.25) is 0 Å².